The molecule has 0 spiro atoms. The van der Waals surface area contributed by atoms with E-state index >= 15 is 0 Å². The van der Waals surface area contributed by atoms with Gasteiger partial charge in [0.1, 0.15) is 5.75 Å². The summed E-state index contributed by atoms with van der Waals surface area (Å²) in [4.78, 5) is 2.40. The van der Waals surface area contributed by atoms with E-state index in [0.717, 1.165) is 45.0 Å². The summed E-state index contributed by atoms with van der Waals surface area (Å²) in [5, 5.41) is 3.63. The van der Waals surface area contributed by atoms with Crippen molar-refractivity contribution in [2.75, 3.05) is 44.9 Å². The molecular weight excluding hydrogens is 264 g/mol. The molecule has 0 radical (unpaired) electrons. The molecule has 0 bridgehead atoms. The highest BCUT2D eigenvalue weighted by Crippen LogP contribution is 2.28. The zero-order chi connectivity index (χ0) is 14.5. The van der Waals surface area contributed by atoms with Crippen molar-refractivity contribution in [2.45, 2.75) is 31.7 Å². The first-order valence-corrected chi connectivity index (χ1v) is 8.10. The number of hydrogen-bond acceptors (Lipinski definition) is 4. The molecule has 3 rings (SSSR count). The number of methoxy groups -OCH3 is 1. The van der Waals surface area contributed by atoms with Crippen LogP contribution in [0.25, 0.3) is 0 Å². The van der Waals surface area contributed by atoms with Crippen LogP contribution in [0.2, 0.25) is 0 Å². The third kappa shape index (κ3) is 3.69. The molecule has 0 aliphatic carbocycles. The minimum atomic E-state index is 0.590. The number of piperidine rings is 1. The molecule has 0 amide bonds. The lowest BCUT2D eigenvalue weighted by atomic mass is 9.97. The average molecular weight is 290 g/mol. The molecule has 4 nitrogen and oxygen atoms in total. The lowest BCUT2D eigenvalue weighted by Gasteiger charge is -2.30. The number of nitrogens with zero attached hydrogens (tertiary/aromatic N) is 1. The summed E-state index contributed by atoms with van der Waals surface area (Å²) in [5.41, 5.74) is 2.62. The number of ether oxygens (including phenoxy) is 2. The molecular formula is C17H26N2O2. The summed E-state index contributed by atoms with van der Waals surface area (Å²) < 4.78 is 11.0. The van der Waals surface area contributed by atoms with Crippen molar-refractivity contribution >= 4 is 5.69 Å². The van der Waals surface area contributed by atoms with Crippen molar-refractivity contribution in [1.82, 2.24) is 5.32 Å². The molecule has 2 aliphatic heterocycles. The first-order chi connectivity index (χ1) is 10.4. The minimum Gasteiger partial charge on any atom is -0.496 e. The van der Waals surface area contributed by atoms with E-state index < -0.39 is 0 Å². The number of anilines is 1. The summed E-state index contributed by atoms with van der Waals surface area (Å²) >= 11 is 0. The van der Waals surface area contributed by atoms with E-state index in [1.807, 2.05) is 0 Å². The molecule has 21 heavy (non-hydrogen) atoms. The van der Waals surface area contributed by atoms with Crippen molar-refractivity contribution < 1.29 is 9.47 Å². The second-order valence-electron chi connectivity index (χ2n) is 5.95. The summed E-state index contributed by atoms with van der Waals surface area (Å²) in [7, 11) is 1.77. The van der Waals surface area contributed by atoms with Crippen LogP contribution in [0.1, 0.15) is 24.8 Å². The Kier molecular flexibility index (Phi) is 4.99. The van der Waals surface area contributed by atoms with Crippen molar-refractivity contribution in [3.05, 3.63) is 23.8 Å². The predicted octanol–water partition coefficient (Wildman–Crippen LogP) is 2.22. The predicted molar refractivity (Wildman–Crippen MR) is 85.4 cm³/mol. The van der Waals surface area contributed by atoms with Crippen LogP contribution in [0.4, 0.5) is 5.69 Å². The zero-order valence-electron chi connectivity index (χ0n) is 12.9. The van der Waals surface area contributed by atoms with Gasteiger partial charge in [0.15, 0.2) is 0 Å². The molecule has 1 aromatic carbocycles. The van der Waals surface area contributed by atoms with Crippen molar-refractivity contribution in [1.29, 1.82) is 0 Å². The molecule has 1 unspecified atom stereocenters. The van der Waals surface area contributed by atoms with Gasteiger partial charge < -0.3 is 19.7 Å². The van der Waals surface area contributed by atoms with Crippen LogP contribution in [0.5, 0.6) is 5.75 Å². The van der Waals surface area contributed by atoms with Gasteiger partial charge in [-0.15, -0.1) is 0 Å². The Morgan fingerprint density at radius 1 is 1.29 bits per heavy atom. The Balaban J connectivity index is 1.75. The van der Waals surface area contributed by atoms with Gasteiger partial charge in [-0.05, 0) is 49.6 Å². The number of benzene rings is 1. The lowest BCUT2D eigenvalue weighted by Crippen LogP contribution is -2.37. The first kappa shape index (κ1) is 14.7. The fraction of sp³-hybridized carbons (Fsp3) is 0.647. The van der Waals surface area contributed by atoms with Crippen LogP contribution in [-0.2, 0) is 11.2 Å². The second-order valence-corrected chi connectivity index (χ2v) is 5.95. The molecule has 0 saturated carbocycles. The Morgan fingerprint density at radius 3 is 2.86 bits per heavy atom. The van der Waals surface area contributed by atoms with E-state index in [4.69, 9.17) is 9.47 Å². The number of hydrogen-bond donors (Lipinski definition) is 1. The van der Waals surface area contributed by atoms with Crippen molar-refractivity contribution in [3.8, 4) is 5.75 Å². The molecule has 2 saturated heterocycles. The number of rotatable bonds is 4. The Labute approximate surface area is 127 Å². The molecule has 2 aliphatic rings. The van der Waals surface area contributed by atoms with Crippen LogP contribution >= 0.6 is 0 Å². The summed E-state index contributed by atoms with van der Waals surface area (Å²) in [6.07, 6.45) is 4.97. The summed E-state index contributed by atoms with van der Waals surface area (Å²) in [5.74, 6) is 1.01. The van der Waals surface area contributed by atoms with Gasteiger partial charge in [-0.2, -0.15) is 0 Å². The van der Waals surface area contributed by atoms with E-state index in [2.05, 4.69) is 28.4 Å². The summed E-state index contributed by atoms with van der Waals surface area (Å²) in [6, 6.07) is 7.18. The molecule has 2 fully saturated rings. The van der Waals surface area contributed by atoms with Crippen molar-refractivity contribution in [2.24, 2.45) is 0 Å². The Hall–Kier alpha value is -1.26. The molecule has 1 N–H and O–H groups in total. The maximum atomic E-state index is 5.56. The van der Waals surface area contributed by atoms with E-state index in [-0.39, 0.29) is 0 Å². The van der Waals surface area contributed by atoms with Crippen molar-refractivity contribution in [3.63, 3.8) is 0 Å². The maximum Gasteiger partial charge on any atom is 0.122 e. The second kappa shape index (κ2) is 7.14. The molecule has 2 heterocycles. The highest BCUT2D eigenvalue weighted by atomic mass is 16.5. The molecule has 1 atom stereocenters. The van der Waals surface area contributed by atoms with E-state index in [9.17, 15) is 0 Å². The highest BCUT2D eigenvalue weighted by Gasteiger charge is 2.17. The van der Waals surface area contributed by atoms with Crippen LogP contribution in [0, 0.1) is 0 Å². The third-order valence-electron chi connectivity index (χ3n) is 4.52. The smallest absolute Gasteiger partial charge is 0.122 e. The van der Waals surface area contributed by atoms with Crippen LogP contribution < -0.4 is 15.0 Å². The molecule has 0 aromatic heterocycles. The van der Waals surface area contributed by atoms with Gasteiger partial charge in [0.2, 0.25) is 0 Å². The van der Waals surface area contributed by atoms with Crippen LogP contribution in [0.15, 0.2) is 18.2 Å². The molecule has 4 heteroatoms. The zero-order valence-corrected chi connectivity index (χ0v) is 12.9. The maximum absolute atomic E-state index is 5.56. The first-order valence-electron chi connectivity index (χ1n) is 8.10. The van der Waals surface area contributed by atoms with E-state index in [1.54, 1.807) is 7.11 Å². The molecule has 116 valence electrons. The van der Waals surface area contributed by atoms with Crippen LogP contribution in [0.3, 0.4) is 0 Å². The van der Waals surface area contributed by atoms with Gasteiger partial charge in [-0.25, -0.2) is 0 Å². The summed E-state index contributed by atoms with van der Waals surface area (Å²) in [6.45, 7) is 4.76. The van der Waals surface area contributed by atoms with Gasteiger partial charge in [0.25, 0.3) is 0 Å². The van der Waals surface area contributed by atoms with E-state index in [0.29, 0.717) is 6.04 Å². The fourth-order valence-electron chi connectivity index (χ4n) is 3.31. The third-order valence-corrected chi connectivity index (χ3v) is 4.52. The lowest BCUT2D eigenvalue weighted by molar-refractivity contribution is 0.122. The molecule has 1 aromatic rings. The standard InChI is InChI=1S/C17H26N2O2/c1-20-17-6-5-16(19-8-10-21-11-9-19)13-14(17)12-15-4-2-3-7-18-15/h5-6,13,15,18H,2-4,7-12H2,1H3. The number of nitrogens with one attached hydrogen (secondary N) is 1. The van der Waals surface area contributed by atoms with Gasteiger partial charge in [-0.3, -0.25) is 0 Å². The minimum absolute atomic E-state index is 0.590. The van der Waals surface area contributed by atoms with E-state index in [1.165, 1.54) is 30.5 Å². The Morgan fingerprint density at radius 2 is 2.14 bits per heavy atom. The highest BCUT2D eigenvalue weighted by molar-refractivity contribution is 5.53. The fourth-order valence-corrected chi connectivity index (χ4v) is 3.31. The van der Waals surface area contributed by atoms with Gasteiger partial charge in [0, 0.05) is 24.8 Å². The van der Waals surface area contributed by atoms with Gasteiger partial charge in [-0.1, -0.05) is 6.42 Å². The largest absolute Gasteiger partial charge is 0.496 e. The van der Waals surface area contributed by atoms with Gasteiger partial charge >= 0.3 is 0 Å². The van der Waals surface area contributed by atoms with Gasteiger partial charge in [0.05, 0.1) is 20.3 Å². The average Bonchev–Trinajstić information content (AvgIpc) is 2.56. The Bertz CT molecular complexity index is 452. The quantitative estimate of drug-likeness (QED) is 0.922. The SMILES string of the molecule is COc1ccc(N2CCOCC2)cc1CC1CCCCN1. The number of morpholine rings is 1. The van der Waals surface area contributed by atoms with Crippen LogP contribution in [-0.4, -0.2) is 46.0 Å². The normalized spacial score (nSPS) is 23.1. The topological polar surface area (TPSA) is 33.7 Å². The monoisotopic (exact) mass is 290 g/mol.